The molecule has 6 nitrogen and oxygen atoms in total. The molecular formula is C25H29N3O3. The van der Waals surface area contributed by atoms with Crippen LogP contribution in [0, 0.1) is 20.8 Å². The zero-order chi connectivity index (χ0) is 22.1. The van der Waals surface area contributed by atoms with Crippen LogP contribution in [0.3, 0.4) is 0 Å². The fourth-order valence-electron chi connectivity index (χ4n) is 4.40. The highest BCUT2D eigenvalue weighted by Crippen LogP contribution is 2.36. The fraction of sp³-hybridized carbons (Fsp3) is 0.360. The second-order valence-electron chi connectivity index (χ2n) is 8.38. The van der Waals surface area contributed by atoms with E-state index in [4.69, 9.17) is 0 Å². The van der Waals surface area contributed by atoms with Crippen molar-refractivity contribution in [3.63, 3.8) is 0 Å². The zero-order valence-corrected chi connectivity index (χ0v) is 18.4. The third-order valence-electron chi connectivity index (χ3n) is 6.10. The first-order chi connectivity index (χ1) is 14.9. The van der Waals surface area contributed by atoms with Crippen molar-refractivity contribution in [1.29, 1.82) is 0 Å². The van der Waals surface area contributed by atoms with Gasteiger partial charge in [-0.05, 0) is 38.0 Å². The molecule has 0 radical (unpaired) electrons. The van der Waals surface area contributed by atoms with Gasteiger partial charge in [-0.3, -0.25) is 14.5 Å². The standard InChI is InChI=1S/C25H29N3O3/c1-17-4-7-20(8-5-17)22-23(27-12-10-26(11-13-27)14-15-29)25(31)28(24(22)30)21-9-6-18(2)16-19(21)3/h4-9,16,29H,10-15H2,1-3H3. The van der Waals surface area contributed by atoms with Crippen molar-refractivity contribution in [2.45, 2.75) is 20.8 Å². The minimum absolute atomic E-state index is 0.120. The van der Waals surface area contributed by atoms with E-state index in [2.05, 4.69) is 4.90 Å². The molecule has 0 aromatic heterocycles. The lowest BCUT2D eigenvalue weighted by Crippen LogP contribution is -2.48. The van der Waals surface area contributed by atoms with Crippen LogP contribution in [-0.2, 0) is 9.59 Å². The first kappa shape index (κ1) is 21.3. The first-order valence-electron chi connectivity index (χ1n) is 10.8. The molecule has 2 aromatic rings. The molecule has 2 aliphatic heterocycles. The lowest BCUT2D eigenvalue weighted by Gasteiger charge is -2.36. The van der Waals surface area contributed by atoms with E-state index in [0.29, 0.717) is 36.6 Å². The van der Waals surface area contributed by atoms with E-state index in [-0.39, 0.29) is 18.4 Å². The molecule has 0 atom stereocenters. The number of hydrogen-bond donors (Lipinski definition) is 1. The molecule has 4 rings (SSSR count). The molecule has 1 N–H and O–H groups in total. The second kappa shape index (κ2) is 8.65. The zero-order valence-electron chi connectivity index (χ0n) is 18.4. The summed E-state index contributed by atoms with van der Waals surface area (Å²) in [4.78, 5) is 32.8. The van der Waals surface area contributed by atoms with Gasteiger partial charge in [0.05, 0.1) is 17.9 Å². The summed E-state index contributed by atoms with van der Waals surface area (Å²) in [5, 5.41) is 9.22. The number of aliphatic hydroxyl groups is 1. The van der Waals surface area contributed by atoms with Crippen molar-refractivity contribution in [2.75, 3.05) is 44.2 Å². The molecule has 0 bridgehead atoms. The molecule has 2 amide bonds. The number of anilines is 1. The number of aryl methyl sites for hydroxylation is 3. The highest BCUT2D eigenvalue weighted by molar-refractivity contribution is 6.45. The van der Waals surface area contributed by atoms with E-state index in [9.17, 15) is 14.7 Å². The summed E-state index contributed by atoms with van der Waals surface area (Å²) in [5.74, 6) is -0.531. The molecule has 0 aliphatic carbocycles. The Morgan fingerprint density at radius 3 is 2.10 bits per heavy atom. The van der Waals surface area contributed by atoms with Gasteiger partial charge in [-0.25, -0.2) is 4.90 Å². The number of amides is 2. The van der Waals surface area contributed by atoms with Gasteiger partial charge in [-0.2, -0.15) is 0 Å². The average molecular weight is 420 g/mol. The Labute approximate surface area is 183 Å². The maximum atomic E-state index is 13.7. The van der Waals surface area contributed by atoms with E-state index in [1.54, 1.807) is 0 Å². The molecule has 0 unspecified atom stereocenters. The second-order valence-corrected chi connectivity index (χ2v) is 8.38. The van der Waals surface area contributed by atoms with Crippen LogP contribution < -0.4 is 4.90 Å². The number of imide groups is 1. The molecule has 31 heavy (non-hydrogen) atoms. The Balaban J connectivity index is 1.75. The Morgan fingerprint density at radius 1 is 0.839 bits per heavy atom. The van der Waals surface area contributed by atoms with Crippen LogP contribution >= 0.6 is 0 Å². The normalized spacial score (nSPS) is 17.8. The molecule has 2 heterocycles. The lowest BCUT2D eigenvalue weighted by molar-refractivity contribution is -0.120. The predicted octanol–water partition coefficient (Wildman–Crippen LogP) is 2.51. The third-order valence-corrected chi connectivity index (χ3v) is 6.10. The molecule has 1 saturated heterocycles. The lowest BCUT2D eigenvalue weighted by atomic mass is 10.0. The molecule has 2 aliphatic rings. The number of hydrogen-bond acceptors (Lipinski definition) is 5. The van der Waals surface area contributed by atoms with Gasteiger partial charge in [-0.1, -0.05) is 47.5 Å². The fourth-order valence-corrected chi connectivity index (χ4v) is 4.40. The van der Waals surface area contributed by atoms with E-state index in [1.807, 2.05) is 68.1 Å². The SMILES string of the molecule is Cc1ccc(C2=C(N3CCN(CCO)CC3)C(=O)N(c3ccc(C)cc3C)C2=O)cc1. The quantitative estimate of drug-likeness (QED) is 0.755. The van der Waals surface area contributed by atoms with Crippen LogP contribution in [0.25, 0.3) is 5.57 Å². The van der Waals surface area contributed by atoms with Crippen molar-refractivity contribution >= 4 is 23.1 Å². The van der Waals surface area contributed by atoms with Gasteiger partial charge in [0.2, 0.25) is 0 Å². The van der Waals surface area contributed by atoms with Crippen molar-refractivity contribution in [3.05, 3.63) is 70.4 Å². The van der Waals surface area contributed by atoms with Gasteiger partial charge in [0, 0.05) is 32.7 Å². The maximum Gasteiger partial charge on any atom is 0.282 e. The molecule has 1 fully saturated rings. The van der Waals surface area contributed by atoms with E-state index in [0.717, 1.165) is 35.3 Å². The number of nitrogens with zero attached hydrogens (tertiary/aromatic N) is 3. The van der Waals surface area contributed by atoms with Gasteiger partial charge in [0.25, 0.3) is 11.8 Å². The van der Waals surface area contributed by atoms with Gasteiger partial charge in [0.1, 0.15) is 5.70 Å². The smallest absolute Gasteiger partial charge is 0.282 e. The van der Waals surface area contributed by atoms with Crippen molar-refractivity contribution < 1.29 is 14.7 Å². The molecule has 6 heteroatoms. The summed E-state index contributed by atoms with van der Waals surface area (Å²) in [6, 6.07) is 13.6. The molecule has 0 saturated carbocycles. The summed E-state index contributed by atoms with van der Waals surface area (Å²) in [5.41, 5.74) is 5.46. The highest BCUT2D eigenvalue weighted by Gasteiger charge is 2.43. The Kier molecular flexibility index (Phi) is 5.94. The van der Waals surface area contributed by atoms with Gasteiger partial charge < -0.3 is 10.0 Å². The summed E-state index contributed by atoms with van der Waals surface area (Å²) in [7, 11) is 0. The highest BCUT2D eigenvalue weighted by atomic mass is 16.3. The molecule has 2 aromatic carbocycles. The van der Waals surface area contributed by atoms with Crippen LogP contribution in [0.4, 0.5) is 5.69 Å². The number of benzene rings is 2. The monoisotopic (exact) mass is 419 g/mol. The topological polar surface area (TPSA) is 64.1 Å². The minimum atomic E-state index is -0.270. The number of aliphatic hydroxyl groups excluding tert-OH is 1. The number of carbonyl (C=O) groups is 2. The molecular weight excluding hydrogens is 390 g/mol. The third kappa shape index (κ3) is 4.01. The summed E-state index contributed by atoms with van der Waals surface area (Å²) >= 11 is 0. The Hall–Kier alpha value is -2.96. The number of carbonyl (C=O) groups excluding carboxylic acids is 2. The molecule has 162 valence electrons. The summed E-state index contributed by atoms with van der Waals surface area (Å²) in [6.07, 6.45) is 0. The van der Waals surface area contributed by atoms with E-state index in [1.165, 1.54) is 4.90 Å². The number of piperazine rings is 1. The number of rotatable bonds is 5. The maximum absolute atomic E-state index is 13.7. The van der Waals surface area contributed by atoms with Crippen molar-refractivity contribution in [1.82, 2.24) is 9.80 Å². The van der Waals surface area contributed by atoms with Crippen molar-refractivity contribution in [2.24, 2.45) is 0 Å². The summed E-state index contributed by atoms with van der Waals surface area (Å²) in [6.45, 7) is 9.46. The first-order valence-corrected chi connectivity index (χ1v) is 10.8. The van der Waals surface area contributed by atoms with Crippen LogP contribution in [0.5, 0.6) is 0 Å². The number of β-amino-alcohol motifs (C(OH)–C–C–N with tert-alkyl or cyclic N) is 1. The minimum Gasteiger partial charge on any atom is -0.395 e. The summed E-state index contributed by atoms with van der Waals surface area (Å²) < 4.78 is 0. The van der Waals surface area contributed by atoms with Crippen LogP contribution in [-0.4, -0.2) is 66.1 Å². The average Bonchev–Trinajstić information content (AvgIpc) is 3.00. The van der Waals surface area contributed by atoms with Gasteiger partial charge in [0.15, 0.2) is 0 Å². The Morgan fingerprint density at radius 2 is 1.48 bits per heavy atom. The van der Waals surface area contributed by atoms with E-state index < -0.39 is 0 Å². The molecule has 0 spiro atoms. The van der Waals surface area contributed by atoms with Crippen LogP contribution in [0.2, 0.25) is 0 Å². The van der Waals surface area contributed by atoms with Crippen LogP contribution in [0.1, 0.15) is 22.3 Å². The predicted molar refractivity (Wildman–Crippen MR) is 122 cm³/mol. The van der Waals surface area contributed by atoms with E-state index >= 15 is 0 Å². The van der Waals surface area contributed by atoms with Gasteiger partial charge >= 0.3 is 0 Å². The van der Waals surface area contributed by atoms with Crippen molar-refractivity contribution in [3.8, 4) is 0 Å². The van der Waals surface area contributed by atoms with Crippen LogP contribution in [0.15, 0.2) is 48.2 Å². The Bertz CT molecular complexity index is 1030. The largest absolute Gasteiger partial charge is 0.395 e. The van der Waals surface area contributed by atoms with Gasteiger partial charge in [-0.15, -0.1) is 0 Å².